The van der Waals surface area contributed by atoms with Crippen LogP contribution >= 0.6 is 0 Å². The number of aliphatic hydroxyl groups is 1. The zero-order valence-corrected chi connectivity index (χ0v) is 16.1. The van der Waals surface area contributed by atoms with E-state index in [0.29, 0.717) is 28.1 Å². The van der Waals surface area contributed by atoms with E-state index >= 15 is 0 Å². The van der Waals surface area contributed by atoms with Crippen LogP contribution in [-0.4, -0.2) is 18.1 Å². The maximum absolute atomic E-state index is 14.8. The summed E-state index contributed by atoms with van der Waals surface area (Å²) >= 11 is 0. The predicted molar refractivity (Wildman–Crippen MR) is 110 cm³/mol. The van der Waals surface area contributed by atoms with E-state index in [1.165, 1.54) is 11.0 Å². The molecule has 1 heterocycles. The standard InChI is InChI=1S/C24H20FNO3/c1-15-7-11-17(12-8-15)26-22(19-5-3-4-6-20(19)25)21(23(27)24(26)28)16-9-13-18(29-2)14-10-16/h3-14,22,27H,1-2H3. The van der Waals surface area contributed by atoms with Crippen molar-refractivity contribution in [3.63, 3.8) is 0 Å². The summed E-state index contributed by atoms with van der Waals surface area (Å²) in [7, 11) is 1.56. The van der Waals surface area contributed by atoms with Crippen LogP contribution in [0.4, 0.5) is 10.1 Å². The molecule has 3 aromatic rings. The molecule has 0 aromatic heterocycles. The van der Waals surface area contributed by atoms with Crippen LogP contribution in [0.5, 0.6) is 5.75 Å². The fourth-order valence-corrected chi connectivity index (χ4v) is 3.63. The van der Waals surface area contributed by atoms with E-state index < -0.39 is 17.8 Å². The molecular formula is C24H20FNO3. The first-order valence-electron chi connectivity index (χ1n) is 9.23. The summed E-state index contributed by atoms with van der Waals surface area (Å²) < 4.78 is 20.0. The topological polar surface area (TPSA) is 49.8 Å². The second-order valence-electron chi connectivity index (χ2n) is 6.93. The van der Waals surface area contributed by atoms with E-state index in [4.69, 9.17) is 4.74 Å². The Morgan fingerprint density at radius 2 is 1.62 bits per heavy atom. The van der Waals surface area contributed by atoms with Gasteiger partial charge in [0.25, 0.3) is 5.91 Å². The van der Waals surface area contributed by atoms with Gasteiger partial charge >= 0.3 is 0 Å². The Labute approximate surface area is 168 Å². The number of hydrogen-bond acceptors (Lipinski definition) is 3. The molecule has 1 amide bonds. The number of aryl methyl sites for hydroxylation is 1. The van der Waals surface area contributed by atoms with Crippen LogP contribution in [0.15, 0.2) is 78.6 Å². The van der Waals surface area contributed by atoms with E-state index in [2.05, 4.69) is 0 Å². The Hall–Kier alpha value is -3.60. The van der Waals surface area contributed by atoms with Crippen molar-refractivity contribution in [2.45, 2.75) is 13.0 Å². The lowest BCUT2D eigenvalue weighted by Crippen LogP contribution is -2.30. The van der Waals surface area contributed by atoms with Crippen LogP contribution in [0.25, 0.3) is 5.57 Å². The number of carbonyl (C=O) groups excluding carboxylic acids is 1. The fraction of sp³-hybridized carbons (Fsp3) is 0.125. The lowest BCUT2D eigenvalue weighted by molar-refractivity contribution is -0.117. The van der Waals surface area contributed by atoms with Crippen molar-refractivity contribution in [1.82, 2.24) is 0 Å². The second-order valence-corrected chi connectivity index (χ2v) is 6.93. The first-order valence-corrected chi connectivity index (χ1v) is 9.23. The quantitative estimate of drug-likeness (QED) is 0.667. The molecule has 0 aliphatic carbocycles. The van der Waals surface area contributed by atoms with E-state index in [1.54, 1.807) is 61.7 Å². The number of methoxy groups -OCH3 is 1. The van der Waals surface area contributed by atoms with E-state index in [1.807, 2.05) is 19.1 Å². The first kappa shape index (κ1) is 18.7. The van der Waals surface area contributed by atoms with Crippen LogP contribution in [-0.2, 0) is 4.79 Å². The van der Waals surface area contributed by atoms with Gasteiger partial charge in [-0.2, -0.15) is 0 Å². The van der Waals surface area contributed by atoms with Crippen molar-refractivity contribution in [3.8, 4) is 5.75 Å². The number of anilines is 1. The number of aliphatic hydroxyl groups excluding tert-OH is 1. The Morgan fingerprint density at radius 1 is 0.966 bits per heavy atom. The Balaban J connectivity index is 1.91. The minimum Gasteiger partial charge on any atom is -0.503 e. The highest BCUT2D eigenvalue weighted by atomic mass is 19.1. The highest BCUT2D eigenvalue weighted by Gasteiger charge is 2.42. The maximum atomic E-state index is 14.8. The molecule has 4 rings (SSSR count). The minimum atomic E-state index is -0.792. The van der Waals surface area contributed by atoms with Crippen LogP contribution in [0.1, 0.15) is 22.7 Å². The zero-order valence-electron chi connectivity index (χ0n) is 16.1. The lowest BCUT2D eigenvalue weighted by Gasteiger charge is -2.28. The highest BCUT2D eigenvalue weighted by Crippen LogP contribution is 2.46. The van der Waals surface area contributed by atoms with Crippen LogP contribution in [0.3, 0.4) is 0 Å². The average molecular weight is 389 g/mol. The molecule has 0 saturated heterocycles. The molecule has 1 N–H and O–H groups in total. The number of carbonyl (C=O) groups is 1. The van der Waals surface area contributed by atoms with Crippen molar-refractivity contribution in [1.29, 1.82) is 0 Å². The normalized spacial score (nSPS) is 16.4. The molecule has 4 nitrogen and oxygen atoms in total. The van der Waals surface area contributed by atoms with Crippen LogP contribution < -0.4 is 9.64 Å². The molecule has 29 heavy (non-hydrogen) atoms. The van der Waals surface area contributed by atoms with Gasteiger partial charge in [0.05, 0.1) is 13.2 Å². The van der Waals surface area contributed by atoms with Crippen molar-refractivity contribution in [2.75, 3.05) is 12.0 Å². The lowest BCUT2D eigenvalue weighted by atomic mass is 9.93. The number of hydrogen-bond donors (Lipinski definition) is 1. The summed E-state index contributed by atoms with van der Waals surface area (Å²) in [6.07, 6.45) is 0. The number of halogens is 1. The fourth-order valence-electron chi connectivity index (χ4n) is 3.63. The van der Waals surface area contributed by atoms with Gasteiger partial charge in [-0.05, 0) is 42.8 Å². The molecule has 0 radical (unpaired) electrons. The second kappa shape index (κ2) is 7.43. The molecule has 1 aliphatic rings. The van der Waals surface area contributed by atoms with E-state index in [0.717, 1.165) is 5.56 Å². The summed E-state index contributed by atoms with van der Waals surface area (Å²) in [5, 5.41) is 10.8. The first-order chi connectivity index (χ1) is 14.0. The van der Waals surface area contributed by atoms with Gasteiger partial charge in [-0.15, -0.1) is 0 Å². The third kappa shape index (κ3) is 3.25. The van der Waals surface area contributed by atoms with Gasteiger partial charge in [-0.3, -0.25) is 9.69 Å². The molecule has 5 heteroatoms. The third-order valence-electron chi connectivity index (χ3n) is 5.12. The van der Waals surface area contributed by atoms with Gasteiger partial charge in [0, 0.05) is 16.8 Å². The summed E-state index contributed by atoms with van der Waals surface area (Å²) in [6, 6.07) is 19.9. The zero-order chi connectivity index (χ0) is 20.5. The number of benzene rings is 3. The van der Waals surface area contributed by atoms with Gasteiger partial charge < -0.3 is 9.84 Å². The molecule has 0 spiro atoms. The summed E-state index contributed by atoms with van der Waals surface area (Å²) in [4.78, 5) is 14.5. The predicted octanol–water partition coefficient (Wildman–Crippen LogP) is 5.20. The van der Waals surface area contributed by atoms with Crippen LogP contribution in [0, 0.1) is 12.7 Å². The Kier molecular flexibility index (Phi) is 4.80. The summed E-state index contributed by atoms with van der Waals surface area (Å²) in [5.41, 5.74) is 2.93. The molecule has 0 fully saturated rings. The van der Waals surface area contributed by atoms with Gasteiger partial charge in [0.15, 0.2) is 5.76 Å². The van der Waals surface area contributed by atoms with Gasteiger partial charge in [-0.25, -0.2) is 4.39 Å². The van der Waals surface area contributed by atoms with E-state index in [9.17, 15) is 14.3 Å². The van der Waals surface area contributed by atoms with E-state index in [-0.39, 0.29) is 5.76 Å². The number of nitrogens with zero attached hydrogens (tertiary/aromatic N) is 1. The molecule has 1 unspecified atom stereocenters. The smallest absolute Gasteiger partial charge is 0.294 e. The van der Waals surface area contributed by atoms with Crippen molar-refractivity contribution < 1.29 is 19.0 Å². The third-order valence-corrected chi connectivity index (χ3v) is 5.12. The molecule has 0 bridgehead atoms. The SMILES string of the molecule is COc1ccc(C2=C(O)C(=O)N(c3ccc(C)cc3)C2c2ccccc2F)cc1. The summed E-state index contributed by atoms with van der Waals surface area (Å²) in [6.45, 7) is 1.95. The summed E-state index contributed by atoms with van der Waals surface area (Å²) in [5.74, 6) is -0.740. The minimum absolute atomic E-state index is 0.316. The van der Waals surface area contributed by atoms with Crippen LogP contribution in [0.2, 0.25) is 0 Å². The van der Waals surface area contributed by atoms with Gasteiger partial charge in [-0.1, -0.05) is 48.0 Å². The van der Waals surface area contributed by atoms with Crippen molar-refractivity contribution in [2.24, 2.45) is 0 Å². The molecule has 1 aliphatic heterocycles. The number of amides is 1. The van der Waals surface area contributed by atoms with Gasteiger partial charge in [0.2, 0.25) is 0 Å². The highest BCUT2D eigenvalue weighted by molar-refractivity contribution is 6.16. The molecule has 0 saturated carbocycles. The monoisotopic (exact) mass is 389 g/mol. The number of ether oxygens (including phenoxy) is 1. The average Bonchev–Trinajstić information content (AvgIpc) is 3.00. The Bertz CT molecular complexity index is 1090. The van der Waals surface area contributed by atoms with Crippen molar-refractivity contribution in [3.05, 3.63) is 101 Å². The largest absolute Gasteiger partial charge is 0.503 e. The molecular weight excluding hydrogens is 369 g/mol. The Morgan fingerprint density at radius 3 is 2.24 bits per heavy atom. The molecule has 146 valence electrons. The van der Waals surface area contributed by atoms with Gasteiger partial charge in [0.1, 0.15) is 11.6 Å². The molecule has 3 aromatic carbocycles. The van der Waals surface area contributed by atoms with Crippen molar-refractivity contribution >= 4 is 17.2 Å². The molecule has 1 atom stereocenters. The number of rotatable bonds is 4. The maximum Gasteiger partial charge on any atom is 0.294 e.